The Hall–Kier alpha value is -2.10. The third-order valence-corrected chi connectivity index (χ3v) is 5.52. The van der Waals surface area contributed by atoms with Crippen LogP contribution in [0.15, 0.2) is 40.0 Å². The van der Waals surface area contributed by atoms with Gasteiger partial charge in [-0.2, -0.15) is 5.26 Å². The molecule has 1 aromatic heterocycles. The van der Waals surface area contributed by atoms with Crippen molar-refractivity contribution in [3.8, 4) is 6.07 Å². The number of hydrogen-bond acceptors (Lipinski definition) is 5. The molecule has 3 rings (SSSR count). The van der Waals surface area contributed by atoms with Crippen LogP contribution in [0.5, 0.6) is 0 Å². The lowest BCUT2D eigenvalue weighted by Crippen LogP contribution is -2.21. The summed E-state index contributed by atoms with van der Waals surface area (Å²) in [7, 11) is 0. The summed E-state index contributed by atoms with van der Waals surface area (Å²) >= 11 is 4.76. The maximum Gasteiger partial charge on any atom is 0.158 e. The van der Waals surface area contributed by atoms with E-state index in [1.54, 1.807) is 6.92 Å². The van der Waals surface area contributed by atoms with Gasteiger partial charge in [0, 0.05) is 27.2 Å². The van der Waals surface area contributed by atoms with E-state index in [-0.39, 0.29) is 11.7 Å². The van der Waals surface area contributed by atoms with Crippen molar-refractivity contribution in [3.05, 3.63) is 56.0 Å². The first-order chi connectivity index (χ1) is 10.9. The van der Waals surface area contributed by atoms with Gasteiger partial charge in [0.15, 0.2) is 5.78 Å². The molecule has 0 radical (unpaired) electrons. The van der Waals surface area contributed by atoms with Gasteiger partial charge in [-0.25, -0.2) is 0 Å². The Kier molecular flexibility index (Phi) is 4.00. The SMILES string of the molecule is CC(=O)C1=C(C)Nc2sc(C#N)c(N)c2C1c1ccc(Br)cc1. The fraction of sp³-hybridized carbons (Fsp3) is 0.176. The van der Waals surface area contributed by atoms with Crippen LogP contribution in [0, 0.1) is 11.3 Å². The summed E-state index contributed by atoms with van der Waals surface area (Å²) in [6.07, 6.45) is 0. The largest absolute Gasteiger partial charge is 0.397 e. The third-order valence-electron chi connectivity index (χ3n) is 3.95. The molecule has 0 spiro atoms. The van der Waals surface area contributed by atoms with Gasteiger partial charge in [-0.15, -0.1) is 11.3 Å². The predicted octanol–water partition coefficient (Wildman–Crippen LogP) is 4.38. The standard InChI is InChI=1S/C17H14BrN3OS/c1-8-13(9(2)22)14(10-3-5-11(18)6-4-10)15-16(20)12(7-19)23-17(15)21-8/h3-6,14,21H,20H2,1-2H3. The van der Waals surface area contributed by atoms with Crippen LogP contribution in [0.2, 0.25) is 0 Å². The number of rotatable bonds is 2. The van der Waals surface area contributed by atoms with Crippen LogP contribution < -0.4 is 11.1 Å². The van der Waals surface area contributed by atoms with Crippen molar-refractivity contribution < 1.29 is 4.79 Å². The van der Waals surface area contributed by atoms with Crippen molar-refractivity contribution in [1.82, 2.24) is 0 Å². The second kappa shape index (κ2) is 5.84. The van der Waals surface area contributed by atoms with E-state index in [9.17, 15) is 10.1 Å². The number of nitriles is 1. The fourth-order valence-corrected chi connectivity index (χ4v) is 4.25. The molecular weight excluding hydrogens is 374 g/mol. The van der Waals surface area contributed by atoms with Crippen LogP contribution in [-0.2, 0) is 4.79 Å². The first kappa shape index (κ1) is 15.8. The molecule has 2 heterocycles. The lowest BCUT2D eigenvalue weighted by molar-refractivity contribution is -0.113. The Morgan fingerprint density at radius 1 is 1.39 bits per heavy atom. The Morgan fingerprint density at radius 2 is 2.04 bits per heavy atom. The minimum Gasteiger partial charge on any atom is -0.397 e. The van der Waals surface area contributed by atoms with Gasteiger partial charge in [0.25, 0.3) is 0 Å². The van der Waals surface area contributed by atoms with E-state index in [4.69, 9.17) is 5.73 Å². The quantitative estimate of drug-likeness (QED) is 0.800. The zero-order valence-corrected chi connectivity index (χ0v) is 15.0. The smallest absolute Gasteiger partial charge is 0.158 e. The Morgan fingerprint density at radius 3 is 2.61 bits per heavy atom. The number of anilines is 2. The summed E-state index contributed by atoms with van der Waals surface area (Å²) < 4.78 is 0.969. The van der Waals surface area contributed by atoms with Crippen molar-refractivity contribution in [3.63, 3.8) is 0 Å². The molecule has 3 N–H and O–H groups in total. The van der Waals surface area contributed by atoms with E-state index in [1.165, 1.54) is 11.3 Å². The number of halogens is 1. The summed E-state index contributed by atoms with van der Waals surface area (Å²) in [6.45, 7) is 3.44. The maximum atomic E-state index is 12.2. The Labute approximate surface area is 146 Å². The van der Waals surface area contributed by atoms with E-state index in [1.807, 2.05) is 31.2 Å². The number of Topliss-reactive ketones (excluding diaryl/α,β-unsaturated/α-hetero) is 1. The summed E-state index contributed by atoms with van der Waals surface area (Å²) in [4.78, 5) is 12.7. The number of hydrogen-bond donors (Lipinski definition) is 2. The second-order valence-corrected chi connectivity index (χ2v) is 7.34. The first-order valence-corrected chi connectivity index (χ1v) is 8.61. The van der Waals surface area contributed by atoms with Crippen molar-refractivity contribution in [2.24, 2.45) is 0 Å². The van der Waals surface area contributed by atoms with Gasteiger partial charge in [-0.1, -0.05) is 28.1 Å². The number of carbonyl (C=O) groups is 1. The lowest BCUT2D eigenvalue weighted by atomic mass is 9.80. The van der Waals surface area contributed by atoms with Crippen molar-refractivity contribution in [1.29, 1.82) is 5.26 Å². The molecule has 1 aromatic carbocycles. The van der Waals surface area contributed by atoms with Gasteiger partial charge < -0.3 is 11.1 Å². The molecule has 2 aromatic rings. The monoisotopic (exact) mass is 387 g/mol. The predicted molar refractivity (Wildman–Crippen MR) is 96.4 cm³/mol. The van der Waals surface area contributed by atoms with Gasteiger partial charge in [-0.3, -0.25) is 4.79 Å². The van der Waals surface area contributed by atoms with E-state index in [0.717, 1.165) is 26.3 Å². The molecule has 0 fully saturated rings. The molecule has 0 aliphatic carbocycles. The summed E-state index contributed by atoms with van der Waals surface area (Å²) in [5, 5.41) is 13.3. The number of nitrogens with zero attached hydrogens (tertiary/aromatic N) is 1. The second-order valence-electron chi connectivity index (χ2n) is 5.40. The number of nitrogens with two attached hydrogens (primary N) is 1. The summed E-state index contributed by atoms with van der Waals surface area (Å²) in [5.41, 5.74) is 9.96. The van der Waals surface area contributed by atoms with E-state index >= 15 is 0 Å². The van der Waals surface area contributed by atoms with Crippen molar-refractivity contribution >= 4 is 43.7 Å². The highest BCUT2D eigenvalue weighted by Gasteiger charge is 2.34. The molecule has 1 atom stereocenters. The van der Waals surface area contributed by atoms with Gasteiger partial charge >= 0.3 is 0 Å². The molecule has 0 bridgehead atoms. The van der Waals surface area contributed by atoms with Crippen molar-refractivity contribution in [2.45, 2.75) is 19.8 Å². The zero-order valence-electron chi connectivity index (χ0n) is 12.6. The number of nitrogens with one attached hydrogen (secondary N) is 1. The first-order valence-electron chi connectivity index (χ1n) is 7.00. The van der Waals surface area contributed by atoms with E-state index in [0.29, 0.717) is 16.1 Å². The fourth-order valence-electron chi connectivity index (χ4n) is 2.97. The number of allylic oxidation sites excluding steroid dienone is 2. The highest BCUT2D eigenvalue weighted by atomic mass is 79.9. The number of thiophene rings is 1. The van der Waals surface area contributed by atoms with Crippen LogP contribution in [0.3, 0.4) is 0 Å². The summed E-state index contributed by atoms with van der Waals surface area (Å²) in [5.74, 6) is -0.257. The van der Waals surface area contributed by atoms with Gasteiger partial charge in [-0.05, 0) is 31.5 Å². The van der Waals surface area contributed by atoms with Crippen LogP contribution >= 0.6 is 27.3 Å². The van der Waals surface area contributed by atoms with Crippen LogP contribution in [0.1, 0.15) is 35.8 Å². The molecule has 0 saturated heterocycles. The minimum atomic E-state index is -0.254. The lowest BCUT2D eigenvalue weighted by Gasteiger charge is -2.28. The third kappa shape index (κ3) is 2.56. The van der Waals surface area contributed by atoms with E-state index < -0.39 is 0 Å². The molecule has 0 amide bonds. The molecule has 0 saturated carbocycles. The molecule has 1 aliphatic rings. The average Bonchev–Trinajstić information content (AvgIpc) is 2.82. The number of fused-ring (bicyclic) bond motifs is 1. The number of nitrogen functional groups attached to an aromatic ring is 1. The molecule has 1 aliphatic heterocycles. The maximum absolute atomic E-state index is 12.2. The highest BCUT2D eigenvalue weighted by Crippen LogP contribution is 2.49. The zero-order chi connectivity index (χ0) is 16.7. The minimum absolute atomic E-state index is 0.00215. The number of ketones is 1. The van der Waals surface area contributed by atoms with Crippen molar-refractivity contribution in [2.75, 3.05) is 11.1 Å². The molecule has 23 heavy (non-hydrogen) atoms. The average molecular weight is 388 g/mol. The van der Waals surface area contributed by atoms with Gasteiger partial charge in [0.2, 0.25) is 0 Å². The molecule has 6 heteroatoms. The van der Waals surface area contributed by atoms with E-state index in [2.05, 4.69) is 27.3 Å². The molecule has 4 nitrogen and oxygen atoms in total. The normalized spacial score (nSPS) is 16.5. The molecule has 116 valence electrons. The van der Waals surface area contributed by atoms with Crippen LogP contribution in [0.4, 0.5) is 10.7 Å². The molecule has 1 unspecified atom stereocenters. The topological polar surface area (TPSA) is 78.9 Å². The molecular formula is C17H14BrN3OS. The number of carbonyl (C=O) groups excluding carboxylic acids is 1. The van der Waals surface area contributed by atoms with Gasteiger partial charge in [0.1, 0.15) is 15.9 Å². The highest BCUT2D eigenvalue weighted by molar-refractivity contribution is 9.10. The van der Waals surface area contributed by atoms with Crippen LogP contribution in [0.25, 0.3) is 0 Å². The Balaban J connectivity index is 2.28. The van der Waals surface area contributed by atoms with Crippen LogP contribution in [-0.4, -0.2) is 5.78 Å². The number of benzene rings is 1. The summed E-state index contributed by atoms with van der Waals surface area (Å²) in [6, 6.07) is 9.97. The van der Waals surface area contributed by atoms with Gasteiger partial charge in [0.05, 0.1) is 5.69 Å². The Bertz CT molecular complexity index is 874.